The van der Waals surface area contributed by atoms with Crippen molar-refractivity contribution in [1.82, 2.24) is 9.29 Å². The van der Waals surface area contributed by atoms with E-state index in [2.05, 4.69) is 4.72 Å². The van der Waals surface area contributed by atoms with Crippen molar-refractivity contribution in [3.63, 3.8) is 0 Å². The lowest BCUT2D eigenvalue weighted by atomic mass is 10.2. The molecular formula is C25H26N2O5S2. The lowest BCUT2D eigenvalue weighted by Crippen LogP contribution is -2.23. The van der Waals surface area contributed by atoms with E-state index in [1.54, 1.807) is 42.0 Å². The zero-order valence-corrected chi connectivity index (χ0v) is 20.8. The van der Waals surface area contributed by atoms with Crippen molar-refractivity contribution in [2.24, 2.45) is 0 Å². The summed E-state index contributed by atoms with van der Waals surface area (Å²) in [6.45, 7) is 4.36. The number of nitrogens with one attached hydrogen (secondary N) is 1. The molecule has 34 heavy (non-hydrogen) atoms. The lowest BCUT2D eigenvalue weighted by Gasteiger charge is -2.15. The first-order valence-electron chi connectivity index (χ1n) is 10.8. The molecule has 4 rings (SSSR count). The molecule has 0 aliphatic rings. The van der Waals surface area contributed by atoms with Crippen LogP contribution in [0, 0.1) is 0 Å². The van der Waals surface area contributed by atoms with E-state index in [9.17, 15) is 13.2 Å². The number of methoxy groups -OCH3 is 1. The molecule has 9 heteroatoms. The second-order valence-corrected chi connectivity index (χ2v) is 10.8. The zero-order chi connectivity index (χ0) is 24.3. The molecule has 0 fully saturated rings. The van der Waals surface area contributed by atoms with Gasteiger partial charge in [0.05, 0.1) is 34.9 Å². The third-order valence-electron chi connectivity index (χ3n) is 5.19. The highest BCUT2D eigenvalue weighted by molar-refractivity contribution is 7.89. The molecule has 0 spiro atoms. The minimum atomic E-state index is -3.79. The molecule has 0 amide bonds. The zero-order valence-electron chi connectivity index (χ0n) is 19.1. The number of rotatable bonds is 9. The smallest absolute Gasteiger partial charge is 0.308 e. The van der Waals surface area contributed by atoms with Gasteiger partial charge in [-0.25, -0.2) is 13.1 Å². The van der Waals surface area contributed by atoms with E-state index < -0.39 is 10.0 Å². The maximum Gasteiger partial charge on any atom is 0.308 e. The molecule has 0 saturated carbocycles. The maximum atomic E-state index is 13.0. The van der Waals surface area contributed by atoms with E-state index >= 15 is 0 Å². The number of hydrogen-bond donors (Lipinski definition) is 1. The van der Waals surface area contributed by atoms with Gasteiger partial charge in [0.25, 0.3) is 0 Å². The molecule has 1 aromatic heterocycles. The molecule has 3 aromatic carbocycles. The van der Waals surface area contributed by atoms with Gasteiger partial charge in [-0.1, -0.05) is 47.7 Å². The molecule has 4 aromatic rings. The fraction of sp³-hybridized carbons (Fsp3) is 0.240. The van der Waals surface area contributed by atoms with E-state index in [0.717, 1.165) is 22.5 Å². The average molecular weight is 499 g/mol. The van der Waals surface area contributed by atoms with Crippen LogP contribution < -0.4 is 19.1 Å². The Labute approximate surface area is 202 Å². The SMILES string of the molecule is COc1cc(CNS(=O)(=O)c2ccc3c(c2)sc(=O)n3Cc2ccccc2)ccc1OC(C)C. The van der Waals surface area contributed by atoms with Crippen molar-refractivity contribution in [3.8, 4) is 11.5 Å². The van der Waals surface area contributed by atoms with Crippen LogP contribution in [0.25, 0.3) is 10.2 Å². The second kappa shape index (κ2) is 10.0. The highest BCUT2D eigenvalue weighted by Gasteiger charge is 2.17. The molecular weight excluding hydrogens is 472 g/mol. The first-order chi connectivity index (χ1) is 16.3. The molecule has 0 unspecified atom stereocenters. The predicted octanol–water partition coefficient (Wildman–Crippen LogP) is 4.39. The number of thiazole rings is 1. The van der Waals surface area contributed by atoms with Gasteiger partial charge in [0, 0.05) is 6.54 Å². The number of benzene rings is 3. The summed E-state index contributed by atoms with van der Waals surface area (Å²) >= 11 is 1.04. The number of aromatic nitrogens is 1. The normalized spacial score (nSPS) is 11.8. The summed E-state index contributed by atoms with van der Waals surface area (Å²) in [5.74, 6) is 1.14. The Bertz CT molecular complexity index is 1460. The van der Waals surface area contributed by atoms with Crippen molar-refractivity contribution in [3.05, 3.63) is 87.5 Å². The topological polar surface area (TPSA) is 86.6 Å². The third-order valence-corrected chi connectivity index (χ3v) is 7.53. The Balaban J connectivity index is 1.54. The van der Waals surface area contributed by atoms with Crippen LogP contribution in [0.5, 0.6) is 11.5 Å². The standard InChI is InChI=1S/C25H26N2O5S2/c1-17(2)32-22-12-9-19(13-23(22)31-3)15-26-34(29,30)20-10-11-21-24(14-20)33-25(28)27(21)16-18-7-5-4-6-8-18/h4-14,17,26H,15-16H2,1-3H3. The summed E-state index contributed by atoms with van der Waals surface area (Å²) in [5.41, 5.74) is 2.45. The Morgan fingerprint density at radius 3 is 2.44 bits per heavy atom. The molecule has 0 bridgehead atoms. The maximum absolute atomic E-state index is 13.0. The minimum absolute atomic E-state index is 0.00793. The molecule has 0 radical (unpaired) electrons. The molecule has 1 heterocycles. The second-order valence-electron chi connectivity index (χ2n) is 8.05. The predicted molar refractivity (Wildman–Crippen MR) is 134 cm³/mol. The van der Waals surface area contributed by atoms with Crippen molar-refractivity contribution < 1.29 is 17.9 Å². The average Bonchev–Trinajstić information content (AvgIpc) is 3.13. The number of sulfonamides is 1. The van der Waals surface area contributed by atoms with E-state index in [4.69, 9.17) is 9.47 Å². The summed E-state index contributed by atoms with van der Waals surface area (Å²) in [7, 11) is -2.25. The van der Waals surface area contributed by atoms with E-state index in [1.165, 1.54) is 6.07 Å². The van der Waals surface area contributed by atoms with Crippen LogP contribution in [0.2, 0.25) is 0 Å². The van der Waals surface area contributed by atoms with Gasteiger partial charge >= 0.3 is 4.87 Å². The number of hydrogen-bond acceptors (Lipinski definition) is 6. The van der Waals surface area contributed by atoms with Crippen molar-refractivity contribution in [2.75, 3.05) is 7.11 Å². The number of ether oxygens (including phenoxy) is 2. The first kappa shape index (κ1) is 24.0. The fourth-order valence-electron chi connectivity index (χ4n) is 3.56. The Morgan fingerprint density at radius 2 is 1.74 bits per heavy atom. The van der Waals surface area contributed by atoms with Crippen LogP contribution in [0.3, 0.4) is 0 Å². The quantitative estimate of drug-likeness (QED) is 0.370. The van der Waals surface area contributed by atoms with Gasteiger partial charge in [0.2, 0.25) is 10.0 Å². The third kappa shape index (κ3) is 5.32. The van der Waals surface area contributed by atoms with Crippen LogP contribution in [0.1, 0.15) is 25.0 Å². The van der Waals surface area contributed by atoms with Gasteiger partial charge in [0.15, 0.2) is 11.5 Å². The number of nitrogens with zero attached hydrogens (tertiary/aromatic N) is 1. The Morgan fingerprint density at radius 1 is 0.971 bits per heavy atom. The molecule has 0 saturated heterocycles. The molecule has 0 aliphatic carbocycles. The van der Waals surface area contributed by atoms with Crippen LogP contribution >= 0.6 is 11.3 Å². The molecule has 1 N–H and O–H groups in total. The highest BCUT2D eigenvalue weighted by Crippen LogP contribution is 2.29. The fourth-order valence-corrected chi connectivity index (χ4v) is 5.61. The summed E-state index contributed by atoms with van der Waals surface area (Å²) in [6, 6.07) is 19.7. The summed E-state index contributed by atoms with van der Waals surface area (Å²) in [4.78, 5) is 12.5. The van der Waals surface area contributed by atoms with Crippen molar-refractivity contribution >= 4 is 31.6 Å². The van der Waals surface area contributed by atoms with E-state index in [0.29, 0.717) is 28.3 Å². The summed E-state index contributed by atoms with van der Waals surface area (Å²) in [5, 5.41) is 0. The molecule has 178 valence electrons. The minimum Gasteiger partial charge on any atom is -0.493 e. The van der Waals surface area contributed by atoms with Gasteiger partial charge in [-0.15, -0.1) is 0 Å². The number of fused-ring (bicyclic) bond motifs is 1. The Kier molecular flexibility index (Phi) is 7.06. The largest absolute Gasteiger partial charge is 0.493 e. The van der Waals surface area contributed by atoms with Crippen molar-refractivity contribution in [2.45, 2.75) is 37.9 Å². The van der Waals surface area contributed by atoms with Crippen LogP contribution in [0.4, 0.5) is 0 Å². The van der Waals surface area contributed by atoms with Gasteiger partial charge in [0.1, 0.15) is 0 Å². The monoisotopic (exact) mass is 498 g/mol. The van der Waals surface area contributed by atoms with Gasteiger partial charge in [-0.3, -0.25) is 9.36 Å². The molecule has 0 atom stereocenters. The van der Waals surface area contributed by atoms with Crippen LogP contribution in [-0.4, -0.2) is 26.2 Å². The van der Waals surface area contributed by atoms with Gasteiger partial charge in [-0.2, -0.15) is 0 Å². The highest BCUT2D eigenvalue weighted by atomic mass is 32.2. The van der Waals surface area contributed by atoms with Gasteiger partial charge in [-0.05, 0) is 55.3 Å². The molecule has 0 aliphatic heterocycles. The van der Waals surface area contributed by atoms with E-state index in [1.807, 2.05) is 44.2 Å². The summed E-state index contributed by atoms with van der Waals surface area (Å²) < 4.78 is 41.9. The lowest BCUT2D eigenvalue weighted by molar-refractivity contribution is 0.230. The van der Waals surface area contributed by atoms with E-state index in [-0.39, 0.29) is 22.4 Å². The molecule has 7 nitrogen and oxygen atoms in total. The van der Waals surface area contributed by atoms with Gasteiger partial charge < -0.3 is 9.47 Å². The van der Waals surface area contributed by atoms with Crippen LogP contribution in [0.15, 0.2) is 76.4 Å². The first-order valence-corrected chi connectivity index (χ1v) is 13.1. The van der Waals surface area contributed by atoms with Crippen LogP contribution in [-0.2, 0) is 23.1 Å². The van der Waals surface area contributed by atoms with Crippen molar-refractivity contribution in [1.29, 1.82) is 0 Å². The summed E-state index contributed by atoms with van der Waals surface area (Å²) in [6.07, 6.45) is -0.00793. The Hall–Kier alpha value is -3.14.